The van der Waals surface area contributed by atoms with Crippen LogP contribution in [0.15, 0.2) is 53.6 Å². The number of rotatable bonds is 13. The van der Waals surface area contributed by atoms with Gasteiger partial charge in [0.1, 0.15) is 0 Å². The van der Waals surface area contributed by atoms with Crippen molar-refractivity contribution >= 4 is 17.7 Å². The predicted octanol–water partition coefficient (Wildman–Crippen LogP) is 4.85. The molecular formula is C28H35N5O4. The molecule has 3 amide bonds. The second-order valence-electron chi connectivity index (χ2n) is 9.59. The summed E-state index contributed by atoms with van der Waals surface area (Å²) in [7, 11) is 0. The van der Waals surface area contributed by atoms with Crippen molar-refractivity contribution in [2.24, 2.45) is 11.0 Å². The van der Waals surface area contributed by atoms with Crippen LogP contribution in [0.4, 0.5) is 0 Å². The van der Waals surface area contributed by atoms with Crippen LogP contribution in [-0.4, -0.2) is 64.4 Å². The first kappa shape index (κ1) is 27.9. The number of hydrogen-bond acceptors (Lipinski definition) is 5. The topological polar surface area (TPSA) is 127 Å². The molecule has 9 heteroatoms. The van der Waals surface area contributed by atoms with Crippen LogP contribution in [0.1, 0.15) is 76.7 Å². The molecular weight excluding hydrogens is 470 g/mol. The number of fused-ring (bicyclic) bond motifs is 1. The third-order valence-corrected chi connectivity index (χ3v) is 6.66. The lowest BCUT2D eigenvalue weighted by Gasteiger charge is -2.32. The van der Waals surface area contributed by atoms with Crippen LogP contribution in [-0.2, 0) is 6.42 Å². The molecule has 0 bridgehead atoms. The van der Waals surface area contributed by atoms with E-state index in [4.69, 9.17) is 0 Å². The standard InChI is InChI=1S/C28H35N5O4/c1-4-13-32(14-5-2)26(35)21-11-12-22-23(17-21)28(37)33(27(22)36)25(16-20-9-7-6-8-10-20)24(30-31-29)15-19(3)18-34/h6-12,17,19,24-25,34H,4-5,13-16,18H2,1-3H3/t19-,24+,25+/m1/s1. The van der Waals surface area contributed by atoms with Crippen LogP contribution in [0.2, 0.25) is 0 Å². The molecule has 0 aromatic heterocycles. The fourth-order valence-electron chi connectivity index (χ4n) is 4.82. The summed E-state index contributed by atoms with van der Waals surface area (Å²) in [5, 5.41) is 13.6. The highest BCUT2D eigenvalue weighted by molar-refractivity contribution is 6.22. The van der Waals surface area contributed by atoms with E-state index in [1.54, 1.807) is 11.0 Å². The molecule has 3 rings (SSSR count). The van der Waals surface area contributed by atoms with Gasteiger partial charge in [-0.2, -0.15) is 0 Å². The van der Waals surface area contributed by atoms with Gasteiger partial charge in [0.2, 0.25) is 0 Å². The average molecular weight is 506 g/mol. The summed E-state index contributed by atoms with van der Waals surface area (Å²) in [5.74, 6) is -1.36. The predicted molar refractivity (Wildman–Crippen MR) is 141 cm³/mol. The monoisotopic (exact) mass is 505 g/mol. The van der Waals surface area contributed by atoms with E-state index in [1.165, 1.54) is 17.0 Å². The number of benzene rings is 2. The Kier molecular flexibility index (Phi) is 9.83. The molecule has 2 aromatic rings. The van der Waals surface area contributed by atoms with Crippen molar-refractivity contribution in [2.75, 3.05) is 19.7 Å². The second kappa shape index (κ2) is 13.0. The first-order valence-electron chi connectivity index (χ1n) is 12.9. The highest BCUT2D eigenvalue weighted by Gasteiger charge is 2.43. The largest absolute Gasteiger partial charge is 0.396 e. The Morgan fingerprint density at radius 1 is 1.05 bits per heavy atom. The van der Waals surface area contributed by atoms with Gasteiger partial charge in [-0.1, -0.05) is 56.2 Å². The molecule has 0 saturated carbocycles. The summed E-state index contributed by atoms with van der Waals surface area (Å²) < 4.78 is 0. The van der Waals surface area contributed by atoms with Crippen LogP contribution in [0.3, 0.4) is 0 Å². The first-order valence-corrected chi connectivity index (χ1v) is 12.9. The number of imide groups is 1. The number of aliphatic hydroxyl groups is 1. The van der Waals surface area contributed by atoms with Crippen molar-refractivity contribution in [2.45, 2.75) is 58.5 Å². The molecule has 3 atom stereocenters. The maximum atomic E-state index is 13.7. The van der Waals surface area contributed by atoms with Crippen LogP contribution in [0.5, 0.6) is 0 Å². The van der Waals surface area contributed by atoms with Crippen molar-refractivity contribution in [3.05, 3.63) is 81.2 Å². The van der Waals surface area contributed by atoms with Gasteiger partial charge in [0.15, 0.2) is 0 Å². The summed E-state index contributed by atoms with van der Waals surface area (Å²) in [6, 6.07) is 12.5. The van der Waals surface area contributed by atoms with E-state index in [2.05, 4.69) is 10.0 Å². The van der Waals surface area contributed by atoms with Gasteiger partial charge in [0, 0.05) is 30.2 Å². The smallest absolute Gasteiger partial charge is 0.261 e. The lowest BCUT2D eigenvalue weighted by molar-refractivity contribution is 0.0547. The van der Waals surface area contributed by atoms with Gasteiger partial charge in [0.05, 0.1) is 23.2 Å². The summed E-state index contributed by atoms with van der Waals surface area (Å²) >= 11 is 0. The number of carbonyl (C=O) groups excluding carboxylic acids is 3. The van der Waals surface area contributed by atoms with Crippen molar-refractivity contribution in [1.29, 1.82) is 0 Å². The van der Waals surface area contributed by atoms with Crippen LogP contribution in [0.25, 0.3) is 10.4 Å². The van der Waals surface area contributed by atoms with E-state index in [9.17, 15) is 25.0 Å². The molecule has 9 nitrogen and oxygen atoms in total. The van der Waals surface area contributed by atoms with Gasteiger partial charge in [-0.15, -0.1) is 0 Å². The zero-order valence-corrected chi connectivity index (χ0v) is 21.7. The van der Waals surface area contributed by atoms with E-state index in [-0.39, 0.29) is 29.6 Å². The molecule has 1 heterocycles. The Morgan fingerprint density at radius 3 is 2.30 bits per heavy atom. The first-order chi connectivity index (χ1) is 17.9. The molecule has 0 aliphatic carbocycles. The maximum Gasteiger partial charge on any atom is 0.261 e. The number of carbonyl (C=O) groups is 3. The molecule has 1 N–H and O–H groups in total. The molecule has 1 aliphatic heterocycles. The Labute approximate surface area is 217 Å². The average Bonchev–Trinajstić information content (AvgIpc) is 3.16. The number of hydrogen-bond donors (Lipinski definition) is 1. The zero-order chi connectivity index (χ0) is 26.9. The fraction of sp³-hybridized carbons (Fsp3) is 0.464. The normalized spacial score (nSPS) is 15.1. The van der Waals surface area contributed by atoms with Gasteiger partial charge >= 0.3 is 0 Å². The Bertz CT molecular complexity index is 1160. The van der Waals surface area contributed by atoms with Gasteiger partial charge in [-0.05, 0) is 60.9 Å². The van der Waals surface area contributed by atoms with E-state index in [0.717, 1.165) is 18.4 Å². The number of azide groups is 1. The summed E-state index contributed by atoms with van der Waals surface area (Å²) in [6.07, 6.45) is 2.23. The van der Waals surface area contributed by atoms with Gasteiger partial charge < -0.3 is 10.0 Å². The Hall–Kier alpha value is -3.68. The quantitative estimate of drug-likeness (QED) is 0.181. The van der Waals surface area contributed by atoms with Crippen LogP contribution < -0.4 is 0 Å². The summed E-state index contributed by atoms with van der Waals surface area (Å²) in [5.41, 5.74) is 10.9. The van der Waals surface area contributed by atoms with E-state index in [0.29, 0.717) is 31.5 Å². The minimum Gasteiger partial charge on any atom is -0.396 e. The molecule has 0 spiro atoms. The Balaban J connectivity index is 2.01. The Morgan fingerprint density at radius 2 is 1.70 bits per heavy atom. The third kappa shape index (κ3) is 6.37. The molecule has 2 aromatic carbocycles. The molecule has 0 radical (unpaired) electrons. The second-order valence-corrected chi connectivity index (χ2v) is 9.59. The number of aliphatic hydroxyl groups excluding tert-OH is 1. The number of nitrogens with zero attached hydrogens (tertiary/aromatic N) is 5. The molecule has 37 heavy (non-hydrogen) atoms. The fourth-order valence-corrected chi connectivity index (χ4v) is 4.82. The molecule has 0 unspecified atom stereocenters. The van der Waals surface area contributed by atoms with E-state index < -0.39 is 23.9 Å². The minimum atomic E-state index is -0.754. The summed E-state index contributed by atoms with van der Waals surface area (Å²) in [6.45, 7) is 6.93. The maximum absolute atomic E-state index is 13.7. The highest BCUT2D eigenvalue weighted by Crippen LogP contribution is 2.31. The SMILES string of the molecule is CCCN(CCC)C(=O)c1ccc2c(c1)C(=O)N([C@@H](Cc1ccccc1)[C@H](C[C@@H](C)CO)N=[N+]=[N-])C2=O. The minimum absolute atomic E-state index is 0.116. The molecule has 0 saturated heterocycles. The summed E-state index contributed by atoms with van der Waals surface area (Å²) in [4.78, 5) is 46.3. The molecule has 0 fully saturated rings. The van der Waals surface area contributed by atoms with Crippen LogP contribution >= 0.6 is 0 Å². The van der Waals surface area contributed by atoms with Crippen molar-refractivity contribution in [3.8, 4) is 0 Å². The van der Waals surface area contributed by atoms with Gasteiger partial charge in [-0.3, -0.25) is 19.3 Å². The number of amides is 3. The lowest BCUT2D eigenvalue weighted by atomic mass is 9.91. The van der Waals surface area contributed by atoms with Gasteiger partial charge in [0.25, 0.3) is 17.7 Å². The van der Waals surface area contributed by atoms with Gasteiger partial charge in [-0.25, -0.2) is 0 Å². The van der Waals surface area contributed by atoms with Crippen LogP contribution in [0, 0.1) is 5.92 Å². The molecule has 196 valence electrons. The molecule has 1 aliphatic rings. The van der Waals surface area contributed by atoms with Crippen molar-refractivity contribution in [1.82, 2.24) is 9.80 Å². The van der Waals surface area contributed by atoms with E-state index >= 15 is 0 Å². The third-order valence-electron chi connectivity index (χ3n) is 6.66. The lowest BCUT2D eigenvalue weighted by Crippen LogP contribution is -2.48. The van der Waals surface area contributed by atoms with Crippen molar-refractivity contribution < 1.29 is 19.5 Å². The zero-order valence-electron chi connectivity index (χ0n) is 21.7. The highest BCUT2D eigenvalue weighted by atomic mass is 16.3. The van der Waals surface area contributed by atoms with Crippen molar-refractivity contribution in [3.63, 3.8) is 0 Å². The van der Waals surface area contributed by atoms with E-state index in [1.807, 2.05) is 51.1 Å².